The lowest BCUT2D eigenvalue weighted by Crippen LogP contribution is -2.43. The number of nitrogens with one attached hydrogen (secondary N) is 3. The maximum atomic E-state index is 11.8. The highest BCUT2D eigenvalue weighted by molar-refractivity contribution is 14.0. The van der Waals surface area contributed by atoms with E-state index in [4.69, 9.17) is 0 Å². The minimum atomic E-state index is -0.522. The van der Waals surface area contributed by atoms with Crippen molar-refractivity contribution in [2.45, 2.75) is 45.8 Å². The summed E-state index contributed by atoms with van der Waals surface area (Å²) in [5.74, 6) is 0.450. The van der Waals surface area contributed by atoms with Crippen molar-refractivity contribution in [1.82, 2.24) is 16.0 Å². The number of aliphatic hydroxyl groups excluding tert-OH is 1. The van der Waals surface area contributed by atoms with Gasteiger partial charge in [0.15, 0.2) is 5.96 Å². The van der Waals surface area contributed by atoms with E-state index < -0.39 is 6.10 Å². The summed E-state index contributed by atoms with van der Waals surface area (Å²) in [6.45, 7) is 9.09. The highest BCUT2D eigenvalue weighted by Crippen LogP contribution is 2.14. The monoisotopic (exact) mass is 462 g/mol. The number of nitrogens with zero attached hydrogens (tertiary/aromatic N) is 1. The third kappa shape index (κ3) is 11.0. The molecule has 1 amide bonds. The molecule has 1 atom stereocenters. The van der Waals surface area contributed by atoms with E-state index in [0.717, 1.165) is 5.56 Å². The number of rotatable bonds is 7. The number of halogens is 1. The largest absolute Gasteiger partial charge is 0.388 e. The molecule has 0 spiro atoms. The van der Waals surface area contributed by atoms with E-state index in [9.17, 15) is 9.90 Å². The first-order valence-electron chi connectivity index (χ1n) is 8.38. The first-order valence-corrected chi connectivity index (χ1v) is 8.38. The van der Waals surface area contributed by atoms with Crippen LogP contribution in [0.2, 0.25) is 0 Å². The SMILES string of the molecule is CCNC(=NCC(=O)NC(C)(C)C)NCCC(O)c1ccccc1.I. The molecule has 0 aromatic heterocycles. The van der Waals surface area contributed by atoms with Gasteiger partial charge in [-0.1, -0.05) is 30.3 Å². The van der Waals surface area contributed by atoms with Crippen molar-refractivity contribution in [2.75, 3.05) is 19.6 Å². The summed E-state index contributed by atoms with van der Waals surface area (Å²) >= 11 is 0. The van der Waals surface area contributed by atoms with Gasteiger partial charge in [-0.25, -0.2) is 4.99 Å². The van der Waals surface area contributed by atoms with Gasteiger partial charge in [0.25, 0.3) is 0 Å². The first-order chi connectivity index (χ1) is 11.3. The molecule has 0 fully saturated rings. The molecule has 7 heteroatoms. The summed E-state index contributed by atoms with van der Waals surface area (Å²) in [4.78, 5) is 16.1. The van der Waals surface area contributed by atoms with Crippen LogP contribution >= 0.6 is 24.0 Å². The smallest absolute Gasteiger partial charge is 0.242 e. The van der Waals surface area contributed by atoms with Crippen LogP contribution in [-0.4, -0.2) is 42.1 Å². The van der Waals surface area contributed by atoms with Crippen LogP contribution in [0, 0.1) is 0 Å². The fourth-order valence-corrected chi connectivity index (χ4v) is 2.12. The van der Waals surface area contributed by atoms with Crippen LogP contribution in [0.15, 0.2) is 35.3 Å². The van der Waals surface area contributed by atoms with E-state index >= 15 is 0 Å². The number of hydrogen-bond acceptors (Lipinski definition) is 3. The van der Waals surface area contributed by atoms with Gasteiger partial charge in [0.1, 0.15) is 6.54 Å². The van der Waals surface area contributed by atoms with Gasteiger partial charge >= 0.3 is 0 Å². The molecular weight excluding hydrogens is 431 g/mol. The van der Waals surface area contributed by atoms with Crippen LogP contribution < -0.4 is 16.0 Å². The quantitative estimate of drug-likeness (QED) is 0.285. The molecule has 142 valence electrons. The van der Waals surface area contributed by atoms with Gasteiger partial charge in [0.05, 0.1) is 6.10 Å². The van der Waals surface area contributed by atoms with E-state index in [1.165, 1.54) is 0 Å². The van der Waals surface area contributed by atoms with E-state index in [-0.39, 0.29) is 42.0 Å². The minimum Gasteiger partial charge on any atom is -0.388 e. The summed E-state index contributed by atoms with van der Waals surface area (Å²) in [5.41, 5.74) is 0.629. The molecule has 0 bridgehead atoms. The Morgan fingerprint density at radius 2 is 1.84 bits per heavy atom. The Morgan fingerprint density at radius 1 is 1.20 bits per heavy atom. The fourth-order valence-electron chi connectivity index (χ4n) is 2.12. The van der Waals surface area contributed by atoms with Crippen molar-refractivity contribution >= 4 is 35.8 Å². The number of carbonyl (C=O) groups is 1. The third-order valence-electron chi connectivity index (χ3n) is 3.13. The van der Waals surface area contributed by atoms with Crippen LogP contribution in [0.25, 0.3) is 0 Å². The molecule has 1 unspecified atom stereocenters. The second-order valence-corrected chi connectivity index (χ2v) is 6.64. The Hall–Kier alpha value is -1.35. The van der Waals surface area contributed by atoms with Crippen LogP contribution in [0.5, 0.6) is 0 Å². The summed E-state index contributed by atoms with van der Waals surface area (Å²) in [7, 11) is 0. The predicted octanol–water partition coefficient (Wildman–Crippen LogP) is 2.20. The number of hydrogen-bond donors (Lipinski definition) is 4. The Kier molecular flexibility index (Phi) is 11.4. The molecule has 0 heterocycles. The minimum absolute atomic E-state index is 0. The van der Waals surface area contributed by atoms with Gasteiger partial charge in [0.2, 0.25) is 5.91 Å². The lowest BCUT2D eigenvalue weighted by Gasteiger charge is -2.20. The van der Waals surface area contributed by atoms with Crippen molar-refractivity contribution in [3.63, 3.8) is 0 Å². The number of aliphatic imine (C=N–C) groups is 1. The zero-order valence-electron chi connectivity index (χ0n) is 15.5. The summed E-state index contributed by atoms with van der Waals surface area (Å²) in [6, 6.07) is 9.55. The van der Waals surface area contributed by atoms with Crippen molar-refractivity contribution in [3.05, 3.63) is 35.9 Å². The number of guanidine groups is 1. The standard InChI is InChI=1S/C18H30N4O2.HI/c1-5-19-17(21-13-16(24)22-18(2,3)4)20-12-11-15(23)14-9-7-6-8-10-14;/h6-10,15,23H,5,11-13H2,1-4H3,(H,22,24)(H2,19,20,21);1H. The second kappa shape index (κ2) is 12.1. The summed E-state index contributed by atoms with van der Waals surface area (Å²) in [5, 5.41) is 19.2. The maximum absolute atomic E-state index is 11.8. The fraction of sp³-hybridized carbons (Fsp3) is 0.556. The normalized spacial score (nSPS) is 12.8. The Balaban J connectivity index is 0.00000576. The van der Waals surface area contributed by atoms with Crippen LogP contribution in [0.4, 0.5) is 0 Å². The Labute approximate surface area is 167 Å². The van der Waals surface area contributed by atoms with Gasteiger partial charge in [-0.2, -0.15) is 0 Å². The zero-order valence-corrected chi connectivity index (χ0v) is 17.8. The number of benzene rings is 1. The lowest BCUT2D eigenvalue weighted by molar-refractivity contribution is -0.121. The molecule has 0 saturated carbocycles. The number of carbonyl (C=O) groups excluding carboxylic acids is 1. The van der Waals surface area contributed by atoms with Gasteiger partial charge in [-0.05, 0) is 39.7 Å². The van der Waals surface area contributed by atoms with E-state index in [2.05, 4.69) is 20.9 Å². The number of amides is 1. The molecule has 0 aliphatic heterocycles. The van der Waals surface area contributed by atoms with Crippen molar-refractivity contribution in [1.29, 1.82) is 0 Å². The van der Waals surface area contributed by atoms with Gasteiger partial charge in [0, 0.05) is 18.6 Å². The van der Waals surface area contributed by atoms with Gasteiger partial charge in [-0.3, -0.25) is 4.79 Å². The Bertz CT molecular complexity index is 530. The molecule has 25 heavy (non-hydrogen) atoms. The average Bonchev–Trinajstić information content (AvgIpc) is 2.51. The second-order valence-electron chi connectivity index (χ2n) is 6.64. The molecule has 6 nitrogen and oxygen atoms in total. The maximum Gasteiger partial charge on any atom is 0.242 e. The van der Waals surface area contributed by atoms with Crippen LogP contribution in [0.3, 0.4) is 0 Å². The summed E-state index contributed by atoms with van der Waals surface area (Å²) < 4.78 is 0. The molecule has 0 radical (unpaired) electrons. The first kappa shape index (κ1) is 23.6. The highest BCUT2D eigenvalue weighted by atomic mass is 127. The van der Waals surface area contributed by atoms with Gasteiger partial charge in [-0.15, -0.1) is 24.0 Å². The molecule has 1 aromatic carbocycles. The zero-order chi connectivity index (χ0) is 18.0. The molecule has 1 rings (SSSR count). The highest BCUT2D eigenvalue weighted by Gasteiger charge is 2.13. The topological polar surface area (TPSA) is 85.8 Å². The average molecular weight is 462 g/mol. The molecule has 1 aromatic rings. The third-order valence-corrected chi connectivity index (χ3v) is 3.13. The van der Waals surface area contributed by atoms with Gasteiger partial charge < -0.3 is 21.1 Å². The molecule has 4 N–H and O–H groups in total. The number of aliphatic hydroxyl groups is 1. The Morgan fingerprint density at radius 3 is 2.40 bits per heavy atom. The molecular formula is C18H31IN4O2. The van der Waals surface area contributed by atoms with Crippen molar-refractivity contribution in [3.8, 4) is 0 Å². The predicted molar refractivity (Wildman–Crippen MR) is 113 cm³/mol. The lowest BCUT2D eigenvalue weighted by atomic mass is 10.1. The van der Waals surface area contributed by atoms with Crippen molar-refractivity contribution in [2.24, 2.45) is 4.99 Å². The molecule has 0 aliphatic carbocycles. The molecule has 0 aliphatic rings. The van der Waals surface area contributed by atoms with E-state index in [1.54, 1.807) is 0 Å². The van der Waals surface area contributed by atoms with E-state index in [0.29, 0.717) is 25.5 Å². The summed E-state index contributed by atoms with van der Waals surface area (Å²) in [6.07, 6.45) is 0.0357. The molecule has 0 saturated heterocycles. The van der Waals surface area contributed by atoms with E-state index in [1.807, 2.05) is 58.0 Å². The van der Waals surface area contributed by atoms with Crippen LogP contribution in [0.1, 0.15) is 45.8 Å². The van der Waals surface area contributed by atoms with Crippen LogP contribution in [-0.2, 0) is 4.79 Å². The van der Waals surface area contributed by atoms with Crippen molar-refractivity contribution < 1.29 is 9.90 Å².